The minimum Gasteiger partial charge on any atom is -0.387 e. The molecular weight excluding hydrogens is 204 g/mol. The Kier molecular flexibility index (Phi) is 4.99. The molecule has 0 saturated carbocycles. The largest absolute Gasteiger partial charge is 0.387 e. The van der Waals surface area contributed by atoms with Crippen LogP contribution in [0, 0.1) is 0 Å². The number of aryl methyl sites for hydroxylation is 1. The molecule has 1 heterocycles. The average molecular weight is 218 g/mol. The minimum atomic E-state index is -0.579. The number of ether oxygens (including phenoxy) is 1. The molecule has 1 aliphatic rings. The van der Waals surface area contributed by atoms with Crippen molar-refractivity contribution in [3.05, 3.63) is 48.0 Å². The molecule has 1 aromatic rings. The van der Waals surface area contributed by atoms with Crippen molar-refractivity contribution in [3.63, 3.8) is 0 Å². The summed E-state index contributed by atoms with van der Waals surface area (Å²) in [6, 6.07) is 10.6. The lowest BCUT2D eigenvalue weighted by Gasteiger charge is -1.93. The van der Waals surface area contributed by atoms with E-state index in [4.69, 9.17) is 0 Å². The molecule has 0 atom stereocenters. The molecule has 1 aromatic carbocycles. The van der Waals surface area contributed by atoms with Crippen molar-refractivity contribution >= 4 is 11.9 Å². The van der Waals surface area contributed by atoms with Gasteiger partial charge in [0.1, 0.15) is 0 Å². The van der Waals surface area contributed by atoms with Crippen LogP contribution in [-0.2, 0) is 20.7 Å². The van der Waals surface area contributed by atoms with E-state index in [1.807, 2.05) is 0 Å². The van der Waals surface area contributed by atoms with Crippen molar-refractivity contribution in [3.8, 4) is 0 Å². The molecule has 2 rings (SSSR count). The Morgan fingerprint density at radius 1 is 1.00 bits per heavy atom. The first-order valence-corrected chi connectivity index (χ1v) is 5.20. The van der Waals surface area contributed by atoms with E-state index in [1.165, 1.54) is 18.4 Å². The predicted octanol–water partition coefficient (Wildman–Crippen LogP) is 2.27. The molecule has 3 nitrogen and oxygen atoms in total. The average Bonchev–Trinajstić information content (AvgIpc) is 2.65. The zero-order chi connectivity index (χ0) is 11.8. The number of hydrogen-bond donors (Lipinski definition) is 0. The third kappa shape index (κ3) is 4.55. The monoisotopic (exact) mass is 218 g/mol. The van der Waals surface area contributed by atoms with Crippen LogP contribution in [0.25, 0.3) is 0 Å². The summed E-state index contributed by atoms with van der Waals surface area (Å²) in [6.45, 7) is 2.20. The lowest BCUT2D eigenvalue weighted by atomic mass is 10.1. The van der Waals surface area contributed by atoms with Crippen molar-refractivity contribution < 1.29 is 14.3 Å². The Hall–Kier alpha value is -1.90. The summed E-state index contributed by atoms with van der Waals surface area (Å²) in [5.41, 5.74) is 1.44. The molecule has 0 spiro atoms. The number of carbonyl (C=O) groups excluding carboxylic acids is 2. The normalized spacial score (nSPS) is 13.1. The fourth-order valence-electron chi connectivity index (χ4n) is 1.24. The number of rotatable bonds is 2. The van der Waals surface area contributed by atoms with Crippen molar-refractivity contribution in [2.45, 2.75) is 19.8 Å². The summed E-state index contributed by atoms with van der Waals surface area (Å²) >= 11 is 0. The van der Waals surface area contributed by atoms with Crippen LogP contribution in [0.4, 0.5) is 0 Å². The third-order valence-corrected chi connectivity index (χ3v) is 1.94. The fraction of sp³-hybridized carbons (Fsp3) is 0.231. The van der Waals surface area contributed by atoms with Crippen molar-refractivity contribution in [2.24, 2.45) is 0 Å². The molecule has 0 bridgehead atoms. The first kappa shape index (κ1) is 12.2. The number of carbonyl (C=O) groups is 2. The van der Waals surface area contributed by atoms with Crippen molar-refractivity contribution in [1.82, 2.24) is 0 Å². The lowest BCUT2D eigenvalue weighted by molar-refractivity contribution is -0.150. The molecule has 1 aliphatic heterocycles. The zero-order valence-electron chi connectivity index (χ0n) is 9.18. The Morgan fingerprint density at radius 2 is 1.56 bits per heavy atom. The van der Waals surface area contributed by atoms with E-state index in [1.54, 1.807) is 0 Å². The lowest BCUT2D eigenvalue weighted by Crippen LogP contribution is -1.96. The molecule has 0 radical (unpaired) electrons. The number of esters is 2. The highest BCUT2D eigenvalue weighted by Gasteiger charge is 2.10. The smallest absolute Gasteiger partial charge is 0.338 e. The van der Waals surface area contributed by atoms with E-state index in [-0.39, 0.29) is 0 Å². The predicted molar refractivity (Wildman–Crippen MR) is 60.7 cm³/mol. The van der Waals surface area contributed by atoms with Crippen LogP contribution in [0.3, 0.4) is 0 Å². The highest BCUT2D eigenvalue weighted by Crippen LogP contribution is 2.00. The van der Waals surface area contributed by atoms with Crippen molar-refractivity contribution in [1.29, 1.82) is 0 Å². The number of cyclic esters (lactones) is 2. The summed E-state index contributed by atoms with van der Waals surface area (Å²) in [7, 11) is 0. The van der Waals surface area contributed by atoms with Crippen LogP contribution in [-0.4, -0.2) is 11.9 Å². The maximum absolute atomic E-state index is 9.92. The quantitative estimate of drug-likeness (QED) is 0.565. The molecule has 0 N–H and O–H groups in total. The topological polar surface area (TPSA) is 43.4 Å². The maximum atomic E-state index is 9.92. The van der Waals surface area contributed by atoms with Gasteiger partial charge in [0, 0.05) is 12.2 Å². The van der Waals surface area contributed by atoms with Gasteiger partial charge in [0.2, 0.25) is 0 Å². The summed E-state index contributed by atoms with van der Waals surface area (Å²) in [4.78, 5) is 19.8. The molecule has 0 saturated heterocycles. The van der Waals surface area contributed by atoms with Gasteiger partial charge in [-0.25, -0.2) is 9.59 Å². The van der Waals surface area contributed by atoms with Crippen LogP contribution in [0.1, 0.15) is 18.9 Å². The van der Waals surface area contributed by atoms with E-state index in [0.717, 1.165) is 12.2 Å². The Labute approximate surface area is 94.7 Å². The van der Waals surface area contributed by atoms with Gasteiger partial charge in [0.05, 0.1) is 0 Å². The Bertz CT molecular complexity index is 363. The minimum absolute atomic E-state index is 0.579. The highest BCUT2D eigenvalue weighted by atomic mass is 16.6. The molecule has 84 valence electrons. The number of hydrogen-bond acceptors (Lipinski definition) is 3. The van der Waals surface area contributed by atoms with Gasteiger partial charge in [0.25, 0.3) is 0 Å². The molecule has 0 amide bonds. The standard InChI is InChI=1S/C9H12.C4H2O3/c1-2-6-9-7-4-3-5-8-9;5-3-1-2-4(6)7-3/h3-5,7-8H,2,6H2,1H3;1-2H. The van der Waals surface area contributed by atoms with Crippen LogP contribution >= 0.6 is 0 Å². The molecule has 0 unspecified atom stereocenters. The molecule has 0 aromatic heterocycles. The molecule has 16 heavy (non-hydrogen) atoms. The van der Waals surface area contributed by atoms with Crippen molar-refractivity contribution in [2.75, 3.05) is 0 Å². The number of benzene rings is 1. The molecular formula is C13H14O3. The third-order valence-electron chi connectivity index (χ3n) is 1.94. The summed E-state index contributed by atoms with van der Waals surface area (Å²) < 4.78 is 3.97. The highest BCUT2D eigenvalue weighted by molar-refractivity contribution is 6.04. The summed E-state index contributed by atoms with van der Waals surface area (Å²) in [5.74, 6) is -1.16. The summed E-state index contributed by atoms with van der Waals surface area (Å²) in [6.07, 6.45) is 4.62. The second kappa shape index (κ2) is 6.56. The van der Waals surface area contributed by atoms with Crippen LogP contribution in [0.15, 0.2) is 42.5 Å². The molecule has 0 aliphatic carbocycles. The zero-order valence-corrected chi connectivity index (χ0v) is 9.18. The second-order valence-electron chi connectivity index (χ2n) is 3.31. The van der Waals surface area contributed by atoms with Gasteiger partial charge in [-0.2, -0.15) is 0 Å². The van der Waals surface area contributed by atoms with E-state index in [0.29, 0.717) is 0 Å². The maximum Gasteiger partial charge on any atom is 0.338 e. The van der Waals surface area contributed by atoms with Gasteiger partial charge < -0.3 is 4.74 Å². The van der Waals surface area contributed by atoms with Crippen LogP contribution < -0.4 is 0 Å². The van der Waals surface area contributed by atoms with Gasteiger partial charge >= 0.3 is 11.9 Å². The summed E-state index contributed by atoms with van der Waals surface area (Å²) in [5, 5.41) is 0. The first-order chi connectivity index (χ1) is 7.72. The van der Waals surface area contributed by atoms with Gasteiger partial charge in [0.15, 0.2) is 0 Å². The van der Waals surface area contributed by atoms with Gasteiger partial charge in [-0.05, 0) is 12.0 Å². The van der Waals surface area contributed by atoms with E-state index in [9.17, 15) is 9.59 Å². The fourth-order valence-corrected chi connectivity index (χ4v) is 1.24. The SMILES string of the molecule is CCCc1ccccc1.O=C1C=CC(=O)O1. The molecule has 0 fully saturated rings. The van der Waals surface area contributed by atoms with Crippen LogP contribution in [0.2, 0.25) is 0 Å². The van der Waals surface area contributed by atoms with E-state index < -0.39 is 11.9 Å². The van der Waals surface area contributed by atoms with Crippen LogP contribution in [0.5, 0.6) is 0 Å². The van der Waals surface area contributed by atoms with Gasteiger partial charge in [-0.1, -0.05) is 43.7 Å². The molecule has 3 heteroatoms. The Balaban J connectivity index is 0.000000165. The van der Waals surface area contributed by atoms with E-state index in [2.05, 4.69) is 42.0 Å². The van der Waals surface area contributed by atoms with Gasteiger partial charge in [-0.15, -0.1) is 0 Å². The van der Waals surface area contributed by atoms with E-state index >= 15 is 0 Å². The first-order valence-electron chi connectivity index (χ1n) is 5.20. The second-order valence-corrected chi connectivity index (χ2v) is 3.31. The van der Waals surface area contributed by atoms with Gasteiger partial charge in [-0.3, -0.25) is 0 Å². The Morgan fingerprint density at radius 3 is 1.94 bits per heavy atom.